The molecule has 176 valence electrons. The first-order valence-electron chi connectivity index (χ1n) is 10.8. The zero-order valence-corrected chi connectivity index (χ0v) is 18.3. The van der Waals surface area contributed by atoms with Crippen LogP contribution in [0.3, 0.4) is 0 Å². The third-order valence-electron chi connectivity index (χ3n) is 5.48. The van der Waals surface area contributed by atoms with Gasteiger partial charge < -0.3 is 15.1 Å². The summed E-state index contributed by atoms with van der Waals surface area (Å²) in [5.41, 5.74) is 0.726. The van der Waals surface area contributed by atoms with Crippen LogP contribution < -0.4 is 0 Å². The van der Waals surface area contributed by atoms with E-state index >= 15 is 0 Å². The highest BCUT2D eigenvalue weighted by Gasteiger charge is 2.42. The minimum Gasteiger partial charge on any atom is -0.503 e. The van der Waals surface area contributed by atoms with Crippen molar-refractivity contribution in [1.82, 2.24) is 4.90 Å². The van der Waals surface area contributed by atoms with E-state index in [1.54, 1.807) is 36.4 Å². The van der Waals surface area contributed by atoms with E-state index in [1.807, 2.05) is 6.07 Å². The van der Waals surface area contributed by atoms with Gasteiger partial charge >= 0.3 is 5.97 Å². The number of hydrogen-bond donors (Lipinski definition) is 2. The van der Waals surface area contributed by atoms with Gasteiger partial charge in [-0.05, 0) is 30.0 Å². The number of ketones is 1. The molecule has 34 heavy (non-hydrogen) atoms. The minimum absolute atomic E-state index is 0.000227. The first-order valence-corrected chi connectivity index (χ1v) is 10.8. The lowest BCUT2D eigenvalue weighted by atomic mass is 9.95. The second-order valence-electron chi connectivity index (χ2n) is 7.83. The van der Waals surface area contributed by atoms with E-state index in [4.69, 9.17) is 5.11 Å². The molecule has 2 N–H and O–H groups in total. The molecule has 0 radical (unpaired) electrons. The lowest BCUT2D eigenvalue weighted by Gasteiger charge is -2.26. The first kappa shape index (κ1) is 24.4. The van der Waals surface area contributed by atoms with Gasteiger partial charge in [-0.3, -0.25) is 24.5 Å². The molecule has 1 aliphatic rings. The van der Waals surface area contributed by atoms with E-state index in [0.29, 0.717) is 24.8 Å². The Balaban J connectivity index is 1.91. The molecule has 1 unspecified atom stereocenters. The fourth-order valence-electron chi connectivity index (χ4n) is 3.85. The number of carboxylic acids is 1. The molecule has 1 atom stereocenters. The smallest absolute Gasteiger partial charge is 0.303 e. The number of allylic oxidation sites excluding steroid dienone is 1. The summed E-state index contributed by atoms with van der Waals surface area (Å²) in [6.07, 6.45) is 4.21. The number of nitro benzene ring substituents is 1. The van der Waals surface area contributed by atoms with Gasteiger partial charge in [0.15, 0.2) is 11.5 Å². The summed E-state index contributed by atoms with van der Waals surface area (Å²) in [4.78, 5) is 48.7. The fraction of sp³-hybridized carbons (Fsp3) is 0.240. The average Bonchev–Trinajstić information content (AvgIpc) is 3.08. The quantitative estimate of drug-likeness (QED) is 0.220. The number of nitrogens with zero attached hydrogens (tertiary/aromatic N) is 2. The second-order valence-corrected chi connectivity index (χ2v) is 7.83. The molecular weight excluding hydrogens is 440 g/mol. The third-order valence-corrected chi connectivity index (χ3v) is 5.48. The fourth-order valence-corrected chi connectivity index (χ4v) is 3.85. The maximum atomic E-state index is 13.1. The standard InChI is InChI=1S/C25H24N2O7/c28-20(14-13-17-8-3-1-4-9-17)22-23(18-10-7-11-19(16-18)27(33)34)26(25(32)24(22)31)15-6-2-5-12-21(29)30/h1,3-4,7-11,13-14,16,23,31H,2,5-6,12,15H2,(H,29,30)/b14-13+. The van der Waals surface area contributed by atoms with Crippen molar-refractivity contribution in [2.75, 3.05) is 6.54 Å². The van der Waals surface area contributed by atoms with Gasteiger partial charge in [-0.1, -0.05) is 55.0 Å². The number of aliphatic carboxylic acids is 1. The Hall–Kier alpha value is -4.27. The Bertz CT molecular complexity index is 1150. The number of amides is 1. The maximum Gasteiger partial charge on any atom is 0.303 e. The number of aliphatic hydroxyl groups excluding tert-OH is 1. The highest BCUT2D eigenvalue weighted by Crippen LogP contribution is 2.39. The van der Waals surface area contributed by atoms with E-state index in [0.717, 1.165) is 5.56 Å². The SMILES string of the molecule is O=C(O)CCCCCN1C(=O)C(O)=C(C(=O)/C=C/c2ccccc2)C1c1cccc([N+](=O)[O-])c1. The van der Waals surface area contributed by atoms with Crippen molar-refractivity contribution in [3.05, 3.63) is 93.2 Å². The van der Waals surface area contributed by atoms with Gasteiger partial charge in [0.1, 0.15) is 0 Å². The number of carbonyl (C=O) groups is 3. The van der Waals surface area contributed by atoms with E-state index < -0.39 is 34.4 Å². The molecular formula is C25H24N2O7. The lowest BCUT2D eigenvalue weighted by Crippen LogP contribution is -2.32. The van der Waals surface area contributed by atoms with Gasteiger partial charge in [0.05, 0.1) is 16.5 Å². The number of unbranched alkanes of at least 4 members (excludes halogenated alkanes) is 2. The molecule has 0 bridgehead atoms. The predicted octanol–water partition coefficient (Wildman–Crippen LogP) is 4.22. The summed E-state index contributed by atoms with van der Waals surface area (Å²) in [6, 6.07) is 13.6. The van der Waals surface area contributed by atoms with Crippen molar-refractivity contribution in [3.8, 4) is 0 Å². The van der Waals surface area contributed by atoms with E-state index in [9.17, 15) is 29.6 Å². The number of rotatable bonds is 11. The highest BCUT2D eigenvalue weighted by molar-refractivity contribution is 6.14. The summed E-state index contributed by atoms with van der Waals surface area (Å²) < 4.78 is 0. The Morgan fingerprint density at radius 3 is 2.47 bits per heavy atom. The largest absolute Gasteiger partial charge is 0.503 e. The van der Waals surface area contributed by atoms with Crippen molar-refractivity contribution in [3.63, 3.8) is 0 Å². The van der Waals surface area contributed by atoms with E-state index in [2.05, 4.69) is 0 Å². The van der Waals surface area contributed by atoms with Crippen LogP contribution in [0.4, 0.5) is 5.69 Å². The molecule has 3 rings (SSSR count). The van der Waals surface area contributed by atoms with Crippen LogP contribution >= 0.6 is 0 Å². The average molecular weight is 464 g/mol. The van der Waals surface area contributed by atoms with Crippen molar-refractivity contribution < 1.29 is 29.5 Å². The maximum absolute atomic E-state index is 13.1. The van der Waals surface area contributed by atoms with Crippen LogP contribution in [0.25, 0.3) is 6.08 Å². The molecule has 1 aliphatic heterocycles. The number of carboxylic acid groups (broad SMARTS) is 1. The molecule has 2 aromatic rings. The number of benzene rings is 2. The third kappa shape index (κ3) is 5.74. The van der Waals surface area contributed by atoms with Crippen LogP contribution in [-0.4, -0.2) is 44.2 Å². The Morgan fingerprint density at radius 2 is 1.79 bits per heavy atom. The normalized spacial score (nSPS) is 15.8. The second kappa shape index (κ2) is 11.0. The van der Waals surface area contributed by atoms with Crippen LogP contribution in [0.5, 0.6) is 0 Å². The Morgan fingerprint density at radius 1 is 1.06 bits per heavy atom. The van der Waals surface area contributed by atoms with Crippen LogP contribution in [0, 0.1) is 10.1 Å². The summed E-state index contributed by atoms with van der Waals surface area (Å²) in [5, 5.41) is 30.7. The molecule has 1 heterocycles. The topological polar surface area (TPSA) is 138 Å². The van der Waals surface area contributed by atoms with Crippen LogP contribution in [0.15, 0.2) is 72.0 Å². The monoisotopic (exact) mass is 464 g/mol. The molecule has 9 heteroatoms. The summed E-state index contributed by atoms with van der Waals surface area (Å²) in [5.74, 6) is -2.93. The van der Waals surface area contributed by atoms with Gasteiger partial charge in [0.2, 0.25) is 0 Å². The zero-order valence-electron chi connectivity index (χ0n) is 18.3. The Labute approximate surface area is 195 Å². The van der Waals surface area contributed by atoms with Crippen LogP contribution in [0.2, 0.25) is 0 Å². The summed E-state index contributed by atoms with van der Waals surface area (Å²) >= 11 is 0. The molecule has 0 spiro atoms. The van der Waals surface area contributed by atoms with Crippen molar-refractivity contribution in [1.29, 1.82) is 0 Å². The first-order chi connectivity index (χ1) is 16.3. The number of nitro groups is 1. The van der Waals surface area contributed by atoms with E-state index in [1.165, 1.54) is 29.2 Å². The predicted molar refractivity (Wildman–Crippen MR) is 124 cm³/mol. The van der Waals surface area contributed by atoms with E-state index in [-0.39, 0.29) is 24.2 Å². The molecule has 0 aliphatic carbocycles. The molecule has 9 nitrogen and oxygen atoms in total. The van der Waals surface area contributed by atoms with Crippen molar-refractivity contribution in [2.24, 2.45) is 0 Å². The van der Waals surface area contributed by atoms with Gasteiger partial charge in [-0.2, -0.15) is 0 Å². The number of non-ortho nitro benzene ring substituents is 1. The molecule has 2 aromatic carbocycles. The lowest BCUT2D eigenvalue weighted by molar-refractivity contribution is -0.384. The summed E-state index contributed by atoms with van der Waals surface area (Å²) in [7, 11) is 0. The van der Waals surface area contributed by atoms with Gasteiger partial charge in [0, 0.05) is 25.1 Å². The molecule has 0 saturated heterocycles. The van der Waals surface area contributed by atoms with Crippen molar-refractivity contribution >= 4 is 29.4 Å². The van der Waals surface area contributed by atoms with Gasteiger partial charge in [-0.15, -0.1) is 0 Å². The number of aliphatic hydroxyl groups is 1. The van der Waals surface area contributed by atoms with Crippen LogP contribution in [-0.2, 0) is 14.4 Å². The highest BCUT2D eigenvalue weighted by atomic mass is 16.6. The minimum atomic E-state index is -1.00. The zero-order chi connectivity index (χ0) is 24.7. The van der Waals surface area contributed by atoms with Crippen LogP contribution in [0.1, 0.15) is 42.9 Å². The number of hydrogen-bond acceptors (Lipinski definition) is 6. The molecule has 0 fully saturated rings. The molecule has 0 aromatic heterocycles. The molecule has 1 amide bonds. The van der Waals surface area contributed by atoms with Gasteiger partial charge in [-0.25, -0.2) is 0 Å². The molecule has 0 saturated carbocycles. The summed E-state index contributed by atoms with van der Waals surface area (Å²) in [6.45, 7) is 0.148. The van der Waals surface area contributed by atoms with Gasteiger partial charge in [0.25, 0.3) is 11.6 Å². The number of carbonyl (C=O) groups excluding carboxylic acids is 2. The van der Waals surface area contributed by atoms with Crippen molar-refractivity contribution in [2.45, 2.75) is 31.7 Å². The Kier molecular flexibility index (Phi) is 7.92.